The van der Waals surface area contributed by atoms with E-state index in [-0.39, 0.29) is 5.60 Å². The smallest absolute Gasteiger partial charge is 0.0803 e. The molecule has 1 aromatic rings. The summed E-state index contributed by atoms with van der Waals surface area (Å²) in [6.07, 6.45) is 1.94. The van der Waals surface area contributed by atoms with Crippen LogP contribution in [-0.4, -0.2) is 25.8 Å². The summed E-state index contributed by atoms with van der Waals surface area (Å²) in [5, 5.41) is 3.37. The molecule has 0 aromatic heterocycles. The van der Waals surface area contributed by atoms with Crippen molar-refractivity contribution in [2.45, 2.75) is 38.3 Å². The van der Waals surface area contributed by atoms with E-state index in [0.717, 1.165) is 17.3 Å². The maximum atomic E-state index is 5.67. The Labute approximate surface area is 113 Å². The van der Waals surface area contributed by atoms with Gasteiger partial charge in [0.25, 0.3) is 0 Å². The van der Waals surface area contributed by atoms with Gasteiger partial charge in [0.15, 0.2) is 0 Å². The first-order valence-electron chi connectivity index (χ1n) is 6.03. The SMILES string of the molecule is CCC(C)(OC)C(Cc1ccccc1Br)NC. The van der Waals surface area contributed by atoms with Gasteiger partial charge < -0.3 is 10.1 Å². The van der Waals surface area contributed by atoms with Gasteiger partial charge in [0.2, 0.25) is 0 Å². The van der Waals surface area contributed by atoms with Crippen LogP contribution in [0.2, 0.25) is 0 Å². The molecule has 1 rings (SSSR count). The van der Waals surface area contributed by atoms with Crippen LogP contribution < -0.4 is 5.32 Å². The van der Waals surface area contributed by atoms with Crippen LogP contribution in [0.1, 0.15) is 25.8 Å². The number of hydrogen-bond acceptors (Lipinski definition) is 2. The second-order valence-electron chi connectivity index (χ2n) is 4.51. The Morgan fingerprint density at radius 1 is 1.41 bits per heavy atom. The van der Waals surface area contributed by atoms with Gasteiger partial charge in [-0.05, 0) is 38.4 Å². The Hall–Kier alpha value is -0.380. The average Bonchev–Trinajstić information content (AvgIpc) is 2.37. The first-order chi connectivity index (χ1) is 8.07. The minimum absolute atomic E-state index is 0.135. The molecule has 2 atom stereocenters. The molecular formula is C14H22BrNO. The number of nitrogens with one attached hydrogen (secondary N) is 1. The molecule has 0 aliphatic rings. The molecule has 0 bridgehead atoms. The Morgan fingerprint density at radius 2 is 2.06 bits per heavy atom. The molecule has 1 N–H and O–H groups in total. The molecule has 17 heavy (non-hydrogen) atoms. The summed E-state index contributed by atoms with van der Waals surface area (Å²) in [5.74, 6) is 0. The molecule has 0 aliphatic heterocycles. The van der Waals surface area contributed by atoms with Gasteiger partial charge in [-0.1, -0.05) is 41.1 Å². The minimum Gasteiger partial charge on any atom is -0.377 e. The number of hydrogen-bond donors (Lipinski definition) is 1. The van der Waals surface area contributed by atoms with Crippen molar-refractivity contribution in [2.75, 3.05) is 14.2 Å². The minimum atomic E-state index is -0.135. The van der Waals surface area contributed by atoms with E-state index in [1.165, 1.54) is 5.56 Å². The van der Waals surface area contributed by atoms with Gasteiger partial charge in [-0.2, -0.15) is 0 Å². The number of likely N-dealkylation sites (N-methyl/N-ethyl adjacent to an activating group) is 1. The van der Waals surface area contributed by atoms with Crippen molar-refractivity contribution < 1.29 is 4.74 Å². The van der Waals surface area contributed by atoms with E-state index in [1.807, 2.05) is 13.1 Å². The van der Waals surface area contributed by atoms with E-state index in [2.05, 4.69) is 53.3 Å². The highest BCUT2D eigenvalue weighted by Crippen LogP contribution is 2.25. The highest BCUT2D eigenvalue weighted by Gasteiger charge is 2.31. The van der Waals surface area contributed by atoms with E-state index in [1.54, 1.807) is 7.11 Å². The van der Waals surface area contributed by atoms with Crippen LogP contribution in [0.15, 0.2) is 28.7 Å². The lowest BCUT2D eigenvalue weighted by Crippen LogP contribution is -2.49. The van der Waals surface area contributed by atoms with Crippen molar-refractivity contribution in [2.24, 2.45) is 0 Å². The molecule has 0 radical (unpaired) electrons. The van der Waals surface area contributed by atoms with Crippen LogP contribution >= 0.6 is 15.9 Å². The van der Waals surface area contributed by atoms with Gasteiger partial charge in [0, 0.05) is 17.6 Å². The van der Waals surface area contributed by atoms with Gasteiger partial charge >= 0.3 is 0 Å². The van der Waals surface area contributed by atoms with Gasteiger partial charge in [-0.15, -0.1) is 0 Å². The van der Waals surface area contributed by atoms with Gasteiger partial charge in [-0.3, -0.25) is 0 Å². The van der Waals surface area contributed by atoms with E-state index in [9.17, 15) is 0 Å². The molecule has 2 unspecified atom stereocenters. The average molecular weight is 300 g/mol. The molecule has 0 saturated carbocycles. The fourth-order valence-electron chi connectivity index (χ4n) is 2.04. The Bertz CT molecular complexity index is 350. The molecule has 2 nitrogen and oxygen atoms in total. The maximum absolute atomic E-state index is 5.67. The lowest BCUT2D eigenvalue weighted by Gasteiger charge is -2.36. The predicted octanol–water partition coefficient (Wildman–Crippen LogP) is 3.39. The van der Waals surface area contributed by atoms with Crippen molar-refractivity contribution >= 4 is 15.9 Å². The van der Waals surface area contributed by atoms with Crippen LogP contribution in [-0.2, 0) is 11.2 Å². The van der Waals surface area contributed by atoms with Crippen LogP contribution in [0.25, 0.3) is 0 Å². The van der Waals surface area contributed by atoms with Crippen LogP contribution in [0.3, 0.4) is 0 Å². The molecule has 0 amide bonds. The zero-order valence-electron chi connectivity index (χ0n) is 11.1. The molecule has 0 heterocycles. The normalized spacial score (nSPS) is 16.5. The Balaban J connectivity index is 2.87. The lowest BCUT2D eigenvalue weighted by atomic mass is 9.88. The lowest BCUT2D eigenvalue weighted by molar-refractivity contribution is -0.0268. The molecule has 3 heteroatoms. The van der Waals surface area contributed by atoms with E-state index >= 15 is 0 Å². The quantitative estimate of drug-likeness (QED) is 0.869. The molecule has 1 aromatic carbocycles. The third-order valence-corrected chi connectivity index (χ3v) is 4.41. The van der Waals surface area contributed by atoms with Gasteiger partial charge in [0.05, 0.1) is 5.60 Å². The molecular weight excluding hydrogens is 278 g/mol. The zero-order chi connectivity index (χ0) is 12.9. The number of ether oxygens (including phenoxy) is 1. The third kappa shape index (κ3) is 3.54. The predicted molar refractivity (Wildman–Crippen MR) is 76.4 cm³/mol. The molecule has 0 fully saturated rings. The van der Waals surface area contributed by atoms with Crippen molar-refractivity contribution in [1.82, 2.24) is 5.32 Å². The van der Waals surface area contributed by atoms with Crippen molar-refractivity contribution in [3.63, 3.8) is 0 Å². The molecule has 0 spiro atoms. The number of halogens is 1. The summed E-state index contributed by atoms with van der Waals surface area (Å²) in [6.45, 7) is 4.32. The molecule has 0 saturated heterocycles. The molecule has 96 valence electrons. The van der Waals surface area contributed by atoms with E-state index in [4.69, 9.17) is 4.74 Å². The first kappa shape index (κ1) is 14.7. The second-order valence-corrected chi connectivity index (χ2v) is 5.36. The Kier molecular flexibility index (Phi) is 5.63. The highest BCUT2D eigenvalue weighted by atomic mass is 79.9. The Morgan fingerprint density at radius 3 is 2.53 bits per heavy atom. The first-order valence-corrected chi connectivity index (χ1v) is 6.82. The van der Waals surface area contributed by atoms with E-state index < -0.39 is 0 Å². The van der Waals surface area contributed by atoms with E-state index in [0.29, 0.717) is 6.04 Å². The summed E-state index contributed by atoms with van der Waals surface area (Å²) < 4.78 is 6.84. The van der Waals surface area contributed by atoms with Crippen LogP contribution in [0.4, 0.5) is 0 Å². The van der Waals surface area contributed by atoms with Gasteiger partial charge in [-0.25, -0.2) is 0 Å². The number of rotatable bonds is 6. The monoisotopic (exact) mass is 299 g/mol. The fourth-order valence-corrected chi connectivity index (χ4v) is 2.49. The summed E-state index contributed by atoms with van der Waals surface area (Å²) in [5.41, 5.74) is 1.17. The highest BCUT2D eigenvalue weighted by molar-refractivity contribution is 9.10. The van der Waals surface area contributed by atoms with Crippen LogP contribution in [0.5, 0.6) is 0 Å². The molecule has 0 aliphatic carbocycles. The van der Waals surface area contributed by atoms with Crippen molar-refractivity contribution in [3.05, 3.63) is 34.3 Å². The number of benzene rings is 1. The van der Waals surface area contributed by atoms with Crippen LogP contribution in [0, 0.1) is 0 Å². The topological polar surface area (TPSA) is 21.3 Å². The van der Waals surface area contributed by atoms with Crippen molar-refractivity contribution in [3.8, 4) is 0 Å². The van der Waals surface area contributed by atoms with Gasteiger partial charge in [0.1, 0.15) is 0 Å². The summed E-state index contributed by atoms with van der Waals surface area (Å²) in [6, 6.07) is 8.65. The van der Waals surface area contributed by atoms with Crippen molar-refractivity contribution in [1.29, 1.82) is 0 Å². The summed E-state index contributed by atoms with van der Waals surface area (Å²) in [4.78, 5) is 0. The third-order valence-electron chi connectivity index (χ3n) is 3.64. The fraction of sp³-hybridized carbons (Fsp3) is 0.571. The maximum Gasteiger partial charge on any atom is 0.0803 e. The second kappa shape index (κ2) is 6.53. The summed E-state index contributed by atoms with van der Waals surface area (Å²) >= 11 is 3.60. The largest absolute Gasteiger partial charge is 0.377 e. The zero-order valence-corrected chi connectivity index (χ0v) is 12.7. The summed E-state index contributed by atoms with van der Waals surface area (Å²) in [7, 11) is 3.78. The standard InChI is InChI=1S/C14H22BrNO/c1-5-14(2,17-4)13(16-3)10-11-8-6-7-9-12(11)15/h6-9,13,16H,5,10H2,1-4H3. The number of methoxy groups -OCH3 is 1.